The second-order valence-electron chi connectivity index (χ2n) is 6.25. The van der Waals surface area contributed by atoms with Crippen LogP contribution in [0.5, 0.6) is 0 Å². The molecule has 2 heterocycles. The highest BCUT2D eigenvalue weighted by Gasteiger charge is 2.36. The van der Waals surface area contributed by atoms with E-state index in [1.807, 2.05) is 25.1 Å². The van der Waals surface area contributed by atoms with Gasteiger partial charge in [0.2, 0.25) is 5.69 Å². The molecular formula is C19H16N3O4-. The zero-order chi connectivity index (χ0) is 18.3. The van der Waals surface area contributed by atoms with Gasteiger partial charge in [0.1, 0.15) is 11.7 Å². The van der Waals surface area contributed by atoms with Gasteiger partial charge in [0, 0.05) is 11.6 Å². The molecule has 0 spiro atoms. The Morgan fingerprint density at radius 2 is 1.77 bits per heavy atom. The molecule has 26 heavy (non-hydrogen) atoms. The molecule has 0 aliphatic carbocycles. The summed E-state index contributed by atoms with van der Waals surface area (Å²) < 4.78 is 11.4. The Balaban J connectivity index is 1.81. The Morgan fingerprint density at radius 1 is 1.12 bits per heavy atom. The molecule has 0 bridgehead atoms. The molecular weight excluding hydrogens is 334 g/mol. The highest BCUT2D eigenvalue weighted by Crippen LogP contribution is 2.41. The predicted octanol–water partition coefficient (Wildman–Crippen LogP) is 3.21. The quantitative estimate of drug-likeness (QED) is 0.610. The topological polar surface area (TPSA) is 94.6 Å². The van der Waals surface area contributed by atoms with Gasteiger partial charge in [-0.1, -0.05) is 35.9 Å². The Labute approximate surface area is 150 Å². The summed E-state index contributed by atoms with van der Waals surface area (Å²) in [5.41, 5.74) is 2.44. The molecule has 0 saturated carbocycles. The van der Waals surface area contributed by atoms with E-state index >= 15 is 0 Å². The lowest BCUT2D eigenvalue weighted by Crippen LogP contribution is -2.36. The average molecular weight is 350 g/mol. The Kier molecular flexibility index (Phi) is 4.09. The van der Waals surface area contributed by atoms with E-state index in [9.17, 15) is 15.7 Å². The van der Waals surface area contributed by atoms with Gasteiger partial charge in [0.05, 0.1) is 13.2 Å². The van der Waals surface area contributed by atoms with Crippen molar-refractivity contribution in [3.8, 4) is 6.07 Å². The van der Waals surface area contributed by atoms with Gasteiger partial charge < -0.3 is 25.0 Å². The monoisotopic (exact) mass is 350 g/mol. The zero-order valence-electron chi connectivity index (χ0n) is 14.1. The summed E-state index contributed by atoms with van der Waals surface area (Å²) in [5.74, 6) is 0. The van der Waals surface area contributed by atoms with E-state index < -0.39 is 12.3 Å². The first kappa shape index (κ1) is 16.5. The van der Waals surface area contributed by atoms with Crippen LogP contribution in [0.25, 0.3) is 0 Å². The maximum Gasteiger partial charge on any atom is 0.297 e. The number of hydrogen-bond acceptors (Lipinski definition) is 6. The van der Waals surface area contributed by atoms with Gasteiger partial charge in [0.15, 0.2) is 12.4 Å². The minimum absolute atomic E-state index is 0.122. The molecule has 0 radical (unpaired) electrons. The van der Waals surface area contributed by atoms with Crippen LogP contribution in [-0.4, -0.2) is 23.7 Å². The number of hydrogen-bond donors (Lipinski definition) is 0. The Morgan fingerprint density at radius 3 is 2.42 bits per heavy atom. The van der Waals surface area contributed by atoms with Gasteiger partial charge in [-0.2, -0.15) is 10.0 Å². The van der Waals surface area contributed by atoms with Gasteiger partial charge in [-0.3, -0.25) is 0 Å². The molecule has 7 nitrogen and oxygen atoms in total. The summed E-state index contributed by atoms with van der Waals surface area (Å²) in [6, 6.07) is 13.0. The highest BCUT2D eigenvalue weighted by molar-refractivity contribution is 6.04. The number of nitrogens with zero attached hydrogens (tertiary/aromatic N) is 3. The third kappa shape index (κ3) is 2.61. The van der Waals surface area contributed by atoms with Crippen molar-refractivity contribution in [1.82, 2.24) is 0 Å². The first-order valence-corrected chi connectivity index (χ1v) is 8.24. The van der Waals surface area contributed by atoms with Gasteiger partial charge in [-0.15, -0.1) is 0 Å². The van der Waals surface area contributed by atoms with Gasteiger partial charge in [-0.25, -0.2) is 0 Å². The molecule has 0 N–H and O–H groups in total. The van der Waals surface area contributed by atoms with Crippen LogP contribution < -0.4 is 5.06 Å². The normalized spacial score (nSPS) is 20.2. The second-order valence-corrected chi connectivity index (χ2v) is 6.25. The van der Waals surface area contributed by atoms with Crippen molar-refractivity contribution < 1.29 is 14.2 Å². The van der Waals surface area contributed by atoms with E-state index in [0.29, 0.717) is 34.1 Å². The van der Waals surface area contributed by atoms with Crippen molar-refractivity contribution >= 4 is 17.1 Å². The van der Waals surface area contributed by atoms with Gasteiger partial charge >= 0.3 is 0 Å². The fraction of sp³-hybridized carbons (Fsp3) is 0.263. The summed E-state index contributed by atoms with van der Waals surface area (Å²) in [6.45, 7) is 2.88. The maximum absolute atomic E-state index is 13.0. The minimum Gasteiger partial charge on any atom is -0.757 e. The van der Waals surface area contributed by atoms with E-state index in [0.717, 1.165) is 5.56 Å². The highest BCUT2D eigenvalue weighted by atomic mass is 16.7. The molecule has 2 aliphatic heterocycles. The molecule has 1 saturated heterocycles. The molecule has 1 unspecified atom stereocenters. The van der Waals surface area contributed by atoms with Crippen LogP contribution >= 0.6 is 0 Å². The molecule has 7 heteroatoms. The number of rotatable bonds is 2. The number of aryl methyl sites for hydroxylation is 1. The van der Waals surface area contributed by atoms with Gasteiger partial charge in [0.25, 0.3) is 5.71 Å². The SMILES string of the molecule is Cc1ccc(C2C(C#N)=[N+]([O-])c3cc(C4OCCO4)ccc3N2[O-])cc1. The summed E-state index contributed by atoms with van der Waals surface area (Å²) in [5, 5.41) is 36.0. The van der Waals surface area contributed by atoms with E-state index in [1.165, 1.54) is 0 Å². The first-order valence-electron chi connectivity index (χ1n) is 8.24. The molecule has 132 valence electrons. The third-order valence-electron chi connectivity index (χ3n) is 4.57. The van der Waals surface area contributed by atoms with Crippen LogP contribution in [0.3, 0.4) is 0 Å². The molecule has 4 rings (SSSR count). The van der Waals surface area contributed by atoms with Crippen LogP contribution in [0.2, 0.25) is 0 Å². The lowest BCUT2D eigenvalue weighted by atomic mass is 9.98. The second kappa shape index (κ2) is 6.42. The molecule has 0 amide bonds. The predicted molar refractivity (Wildman–Crippen MR) is 94.8 cm³/mol. The Hall–Kier alpha value is -2.92. The van der Waals surface area contributed by atoms with Gasteiger partial charge in [-0.05, 0) is 18.6 Å². The number of nitriles is 1. The molecule has 0 aromatic heterocycles. The van der Waals surface area contributed by atoms with Crippen LogP contribution in [0.15, 0.2) is 42.5 Å². The number of ether oxygens (including phenoxy) is 2. The van der Waals surface area contributed by atoms with Crippen LogP contribution in [0.4, 0.5) is 11.4 Å². The smallest absolute Gasteiger partial charge is 0.297 e. The summed E-state index contributed by atoms with van der Waals surface area (Å²) >= 11 is 0. The lowest BCUT2D eigenvalue weighted by Gasteiger charge is -2.40. The number of anilines is 1. The fourth-order valence-corrected chi connectivity index (χ4v) is 3.23. The average Bonchev–Trinajstić information content (AvgIpc) is 3.20. The molecule has 1 fully saturated rings. The Bertz CT molecular complexity index is 911. The molecule has 2 aromatic rings. The van der Waals surface area contributed by atoms with Crippen LogP contribution in [0, 0.1) is 28.7 Å². The van der Waals surface area contributed by atoms with Crippen LogP contribution in [0.1, 0.15) is 29.0 Å². The third-order valence-corrected chi connectivity index (χ3v) is 4.57. The van der Waals surface area contributed by atoms with Crippen molar-refractivity contribution in [2.75, 3.05) is 18.3 Å². The maximum atomic E-state index is 13.0. The molecule has 1 atom stereocenters. The molecule has 2 aliphatic rings. The standard InChI is InChI=1S/C19H16N3O4/c1-12-2-4-13(5-3-12)18-17(11-20)21(23)16-10-14(19-25-8-9-26-19)6-7-15(16)22(18)24/h2-7,10,18-19H,8-9H2,1H3/q-1. The summed E-state index contributed by atoms with van der Waals surface area (Å²) in [4.78, 5) is 0. The first-order chi connectivity index (χ1) is 12.6. The van der Waals surface area contributed by atoms with Crippen molar-refractivity contribution in [2.45, 2.75) is 19.3 Å². The minimum atomic E-state index is -0.976. The molecule has 2 aromatic carbocycles. The van der Waals surface area contributed by atoms with Crippen LogP contribution in [-0.2, 0) is 9.47 Å². The van der Waals surface area contributed by atoms with E-state index in [2.05, 4.69) is 0 Å². The zero-order valence-corrected chi connectivity index (χ0v) is 14.1. The number of fused-ring (bicyclic) bond motifs is 1. The van der Waals surface area contributed by atoms with E-state index in [-0.39, 0.29) is 17.1 Å². The lowest BCUT2D eigenvalue weighted by molar-refractivity contribution is -0.362. The fourth-order valence-electron chi connectivity index (χ4n) is 3.23. The van der Waals surface area contributed by atoms with E-state index in [4.69, 9.17) is 9.47 Å². The number of hydroxylamine groups is 1. The summed E-state index contributed by atoms with van der Waals surface area (Å²) in [6.07, 6.45) is -0.561. The van der Waals surface area contributed by atoms with E-state index in [1.54, 1.807) is 30.3 Å². The summed E-state index contributed by atoms with van der Waals surface area (Å²) in [7, 11) is 0. The van der Waals surface area contributed by atoms with Crippen molar-refractivity contribution in [3.05, 3.63) is 69.6 Å². The largest absolute Gasteiger partial charge is 0.757 e. The van der Waals surface area contributed by atoms with Crippen molar-refractivity contribution in [3.63, 3.8) is 0 Å². The number of benzene rings is 2. The van der Waals surface area contributed by atoms with Crippen molar-refractivity contribution in [2.24, 2.45) is 0 Å². The van der Waals surface area contributed by atoms with Crippen molar-refractivity contribution in [1.29, 1.82) is 5.26 Å².